The Kier molecular flexibility index (Phi) is 5.23. The Labute approximate surface area is 96.6 Å². The molecule has 13 heavy (non-hydrogen) atoms. The summed E-state index contributed by atoms with van der Waals surface area (Å²) in [5.74, 6) is 0. The van der Waals surface area contributed by atoms with Gasteiger partial charge in [0.2, 0.25) is 0 Å². The van der Waals surface area contributed by atoms with E-state index in [-0.39, 0.29) is 6.04 Å². The Morgan fingerprint density at radius 2 is 2.46 bits per heavy atom. The Hall–Kier alpha value is 0.350. The fourth-order valence-electron chi connectivity index (χ4n) is 1.13. The molecule has 0 bridgehead atoms. The van der Waals surface area contributed by atoms with Crippen LogP contribution in [0.25, 0.3) is 0 Å². The van der Waals surface area contributed by atoms with Crippen molar-refractivity contribution in [2.45, 2.75) is 18.9 Å². The molecular formula is C9H14INOS. The van der Waals surface area contributed by atoms with E-state index in [1.165, 1.54) is 8.45 Å². The van der Waals surface area contributed by atoms with Gasteiger partial charge in [-0.05, 0) is 52.4 Å². The molecule has 0 radical (unpaired) electrons. The number of hydrogen-bond acceptors (Lipinski definition) is 3. The number of methoxy groups -OCH3 is 1. The summed E-state index contributed by atoms with van der Waals surface area (Å²) in [4.78, 5) is 0. The van der Waals surface area contributed by atoms with E-state index in [2.05, 4.69) is 34.0 Å². The number of nitrogens with two attached hydrogens (primary N) is 1. The summed E-state index contributed by atoms with van der Waals surface area (Å²) in [6, 6.07) is 2.33. The highest BCUT2D eigenvalue weighted by Crippen LogP contribution is 2.23. The molecular weight excluding hydrogens is 297 g/mol. The summed E-state index contributed by atoms with van der Waals surface area (Å²) in [5.41, 5.74) is 7.25. The fraction of sp³-hybridized carbons (Fsp3) is 0.556. The first-order valence-electron chi connectivity index (χ1n) is 4.22. The Bertz CT molecular complexity index is 252. The third-order valence-corrected chi connectivity index (χ3v) is 3.69. The first-order valence-corrected chi connectivity index (χ1v) is 6.18. The Morgan fingerprint density at radius 3 is 3.00 bits per heavy atom. The molecule has 0 saturated carbocycles. The van der Waals surface area contributed by atoms with Gasteiger partial charge in [-0.25, -0.2) is 0 Å². The van der Waals surface area contributed by atoms with Gasteiger partial charge >= 0.3 is 0 Å². The van der Waals surface area contributed by atoms with Gasteiger partial charge < -0.3 is 10.5 Å². The molecule has 0 fully saturated rings. The zero-order chi connectivity index (χ0) is 9.68. The maximum atomic E-state index is 6.00. The lowest BCUT2D eigenvalue weighted by atomic mass is 10.1. The van der Waals surface area contributed by atoms with Crippen LogP contribution in [0.5, 0.6) is 0 Å². The van der Waals surface area contributed by atoms with E-state index >= 15 is 0 Å². The maximum Gasteiger partial charge on any atom is 0.0656 e. The summed E-state index contributed by atoms with van der Waals surface area (Å²) in [6.45, 7) is 0.801. The van der Waals surface area contributed by atoms with Gasteiger partial charge in [0.1, 0.15) is 0 Å². The van der Waals surface area contributed by atoms with Crippen LogP contribution in [0, 0.1) is 2.88 Å². The predicted octanol–water partition coefficient (Wildman–Crippen LogP) is 2.78. The second-order valence-corrected chi connectivity index (χ2v) is 5.73. The molecule has 1 unspecified atom stereocenters. The van der Waals surface area contributed by atoms with E-state index in [0.29, 0.717) is 0 Å². The van der Waals surface area contributed by atoms with E-state index in [0.717, 1.165) is 19.4 Å². The van der Waals surface area contributed by atoms with Gasteiger partial charge in [0.15, 0.2) is 0 Å². The molecule has 0 saturated heterocycles. The van der Waals surface area contributed by atoms with Crippen molar-refractivity contribution in [2.75, 3.05) is 13.7 Å². The number of ether oxygens (including phenoxy) is 1. The van der Waals surface area contributed by atoms with E-state index in [1.54, 1.807) is 18.4 Å². The molecule has 0 amide bonds. The molecule has 2 nitrogen and oxygen atoms in total. The summed E-state index contributed by atoms with van der Waals surface area (Å²) < 4.78 is 6.28. The molecule has 0 aliphatic rings. The largest absolute Gasteiger partial charge is 0.385 e. The first kappa shape index (κ1) is 11.4. The average Bonchev–Trinajstić information content (AvgIpc) is 2.52. The van der Waals surface area contributed by atoms with E-state index < -0.39 is 0 Å². The van der Waals surface area contributed by atoms with Crippen molar-refractivity contribution in [3.05, 3.63) is 19.9 Å². The first-order chi connectivity index (χ1) is 6.24. The average molecular weight is 311 g/mol. The van der Waals surface area contributed by atoms with Gasteiger partial charge in [0.25, 0.3) is 0 Å². The molecule has 0 spiro atoms. The van der Waals surface area contributed by atoms with Gasteiger partial charge in [-0.3, -0.25) is 0 Å². The highest BCUT2D eigenvalue weighted by Gasteiger charge is 2.07. The van der Waals surface area contributed by atoms with Crippen molar-refractivity contribution >= 4 is 33.9 Å². The third kappa shape index (κ3) is 3.93. The van der Waals surface area contributed by atoms with Crippen molar-refractivity contribution in [2.24, 2.45) is 5.73 Å². The zero-order valence-corrected chi connectivity index (χ0v) is 10.6. The minimum atomic E-state index is 0.176. The standard InChI is InChI=1S/C9H14INOS/c1-12-4-2-3-8(11)7-5-9(10)13-6-7/h5-6,8H,2-4,11H2,1H3. The van der Waals surface area contributed by atoms with E-state index in [4.69, 9.17) is 10.5 Å². The van der Waals surface area contributed by atoms with Crippen LogP contribution in [-0.2, 0) is 4.74 Å². The van der Waals surface area contributed by atoms with Gasteiger partial charge in [0.05, 0.1) is 2.88 Å². The quantitative estimate of drug-likeness (QED) is 0.670. The number of halogens is 1. The minimum Gasteiger partial charge on any atom is -0.385 e. The molecule has 1 aromatic rings. The van der Waals surface area contributed by atoms with Crippen molar-refractivity contribution < 1.29 is 4.74 Å². The van der Waals surface area contributed by atoms with Crippen LogP contribution < -0.4 is 5.73 Å². The van der Waals surface area contributed by atoms with E-state index in [9.17, 15) is 0 Å². The predicted molar refractivity (Wildman–Crippen MR) is 65.1 cm³/mol. The van der Waals surface area contributed by atoms with E-state index in [1.807, 2.05) is 0 Å². The van der Waals surface area contributed by atoms with Crippen LogP contribution in [0.1, 0.15) is 24.4 Å². The molecule has 1 atom stereocenters. The van der Waals surface area contributed by atoms with Crippen LogP contribution in [0.4, 0.5) is 0 Å². The highest BCUT2D eigenvalue weighted by atomic mass is 127. The fourth-order valence-corrected chi connectivity index (χ4v) is 2.57. The van der Waals surface area contributed by atoms with Gasteiger partial charge in [0, 0.05) is 19.8 Å². The van der Waals surface area contributed by atoms with Crippen LogP contribution in [0.15, 0.2) is 11.4 Å². The molecule has 4 heteroatoms. The molecule has 0 aliphatic carbocycles. The molecule has 1 heterocycles. The van der Waals surface area contributed by atoms with Crippen LogP contribution in [0.2, 0.25) is 0 Å². The smallest absolute Gasteiger partial charge is 0.0656 e. The summed E-state index contributed by atoms with van der Waals surface area (Å²) in [7, 11) is 1.72. The highest BCUT2D eigenvalue weighted by molar-refractivity contribution is 14.1. The van der Waals surface area contributed by atoms with Crippen molar-refractivity contribution in [1.29, 1.82) is 0 Å². The SMILES string of the molecule is COCCCC(N)c1csc(I)c1. The third-order valence-electron chi connectivity index (χ3n) is 1.88. The monoisotopic (exact) mass is 311 g/mol. The van der Waals surface area contributed by atoms with Crippen molar-refractivity contribution in [1.82, 2.24) is 0 Å². The second kappa shape index (κ2) is 5.95. The van der Waals surface area contributed by atoms with Crippen LogP contribution in [-0.4, -0.2) is 13.7 Å². The van der Waals surface area contributed by atoms with Crippen LogP contribution >= 0.6 is 33.9 Å². The second-order valence-electron chi connectivity index (χ2n) is 2.93. The molecule has 0 aliphatic heterocycles. The molecule has 1 rings (SSSR count). The molecule has 74 valence electrons. The van der Waals surface area contributed by atoms with Gasteiger partial charge in [-0.15, -0.1) is 11.3 Å². The molecule has 0 aromatic carbocycles. The molecule has 1 aromatic heterocycles. The lowest BCUT2D eigenvalue weighted by molar-refractivity contribution is 0.190. The lowest BCUT2D eigenvalue weighted by Crippen LogP contribution is -2.09. The Balaban J connectivity index is 2.35. The van der Waals surface area contributed by atoms with Gasteiger partial charge in [-0.1, -0.05) is 0 Å². The van der Waals surface area contributed by atoms with Crippen molar-refractivity contribution in [3.8, 4) is 0 Å². The summed E-state index contributed by atoms with van der Waals surface area (Å²) in [6.07, 6.45) is 2.03. The maximum absolute atomic E-state index is 6.00. The summed E-state index contributed by atoms with van der Waals surface area (Å²) >= 11 is 4.06. The zero-order valence-electron chi connectivity index (χ0n) is 7.63. The Morgan fingerprint density at radius 1 is 1.69 bits per heavy atom. The van der Waals surface area contributed by atoms with Gasteiger partial charge in [-0.2, -0.15) is 0 Å². The van der Waals surface area contributed by atoms with Crippen LogP contribution in [0.3, 0.4) is 0 Å². The lowest BCUT2D eigenvalue weighted by Gasteiger charge is -2.08. The van der Waals surface area contributed by atoms with Crippen molar-refractivity contribution in [3.63, 3.8) is 0 Å². The normalized spacial score (nSPS) is 13.2. The minimum absolute atomic E-state index is 0.176. The topological polar surface area (TPSA) is 35.2 Å². The summed E-state index contributed by atoms with van der Waals surface area (Å²) in [5, 5.41) is 2.14. The molecule has 2 N–H and O–H groups in total. The number of hydrogen-bond donors (Lipinski definition) is 1. The number of rotatable bonds is 5. The number of thiophene rings is 1.